The van der Waals surface area contributed by atoms with E-state index >= 15 is 0 Å². The third kappa shape index (κ3) is 3.21. The minimum absolute atomic E-state index is 0.0815. The largest absolute Gasteiger partial charge is 0.335 e. The summed E-state index contributed by atoms with van der Waals surface area (Å²) in [7, 11) is 0. The number of benzene rings is 1. The van der Waals surface area contributed by atoms with Gasteiger partial charge in [-0.15, -0.1) is 0 Å². The molecule has 1 aliphatic rings. The van der Waals surface area contributed by atoms with Crippen LogP contribution >= 0.6 is 11.6 Å². The predicted octanol–water partition coefficient (Wildman–Crippen LogP) is 1.87. The summed E-state index contributed by atoms with van der Waals surface area (Å²) in [5.41, 5.74) is 0.127. The summed E-state index contributed by atoms with van der Waals surface area (Å²) >= 11 is 5.94. The molecule has 0 unspecified atom stereocenters. The Balaban J connectivity index is 1.67. The summed E-state index contributed by atoms with van der Waals surface area (Å²) in [5, 5.41) is 0.0815. The van der Waals surface area contributed by atoms with Crippen LogP contribution < -0.4 is 0 Å². The van der Waals surface area contributed by atoms with Crippen molar-refractivity contribution in [3.8, 4) is 0 Å². The molecular formula is C16H14ClFN4O2. The molecule has 0 saturated carbocycles. The fraction of sp³-hybridized carbons (Fsp3) is 0.250. The first-order valence-corrected chi connectivity index (χ1v) is 7.74. The van der Waals surface area contributed by atoms with Crippen molar-refractivity contribution in [2.24, 2.45) is 0 Å². The van der Waals surface area contributed by atoms with E-state index in [-0.39, 0.29) is 22.2 Å². The fourth-order valence-corrected chi connectivity index (χ4v) is 2.79. The van der Waals surface area contributed by atoms with E-state index in [0.717, 1.165) is 0 Å². The Bertz CT molecular complexity index is 744. The molecule has 3 rings (SSSR count). The van der Waals surface area contributed by atoms with Crippen molar-refractivity contribution < 1.29 is 14.0 Å². The number of hydrogen-bond donors (Lipinski definition) is 0. The van der Waals surface area contributed by atoms with Crippen LogP contribution in [0.15, 0.2) is 36.8 Å². The van der Waals surface area contributed by atoms with Crippen molar-refractivity contribution >= 4 is 23.4 Å². The summed E-state index contributed by atoms with van der Waals surface area (Å²) < 4.78 is 13.9. The Morgan fingerprint density at radius 3 is 2.29 bits per heavy atom. The maximum atomic E-state index is 13.9. The number of nitrogens with zero attached hydrogens (tertiary/aromatic N) is 4. The van der Waals surface area contributed by atoms with Crippen LogP contribution in [0.2, 0.25) is 5.02 Å². The minimum atomic E-state index is -0.648. The van der Waals surface area contributed by atoms with E-state index in [1.54, 1.807) is 4.90 Å². The summed E-state index contributed by atoms with van der Waals surface area (Å²) in [6.07, 6.45) is 4.34. The molecule has 24 heavy (non-hydrogen) atoms. The molecule has 1 fully saturated rings. The van der Waals surface area contributed by atoms with E-state index in [1.165, 1.54) is 41.7 Å². The van der Waals surface area contributed by atoms with Crippen molar-refractivity contribution in [2.75, 3.05) is 26.2 Å². The number of halogens is 2. The molecule has 6 nitrogen and oxygen atoms in total. The molecule has 1 aromatic carbocycles. The molecule has 0 aliphatic carbocycles. The zero-order chi connectivity index (χ0) is 17.1. The third-order valence-corrected chi connectivity index (χ3v) is 4.13. The van der Waals surface area contributed by atoms with Gasteiger partial charge < -0.3 is 9.80 Å². The topological polar surface area (TPSA) is 66.4 Å². The van der Waals surface area contributed by atoms with Crippen LogP contribution in [0.3, 0.4) is 0 Å². The van der Waals surface area contributed by atoms with E-state index in [4.69, 9.17) is 11.6 Å². The molecule has 0 bridgehead atoms. The molecule has 0 spiro atoms. The van der Waals surface area contributed by atoms with Crippen molar-refractivity contribution in [2.45, 2.75) is 0 Å². The van der Waals surface area contributed by atoms with Gasteiger partial charge in [0.15, 0.2) is 0 Å². The average molecular weight is 349 g/mol. The number of piperazine rings is 1. The number of amides is 2. The second-order valence-corrected chi connectivity index (χ2v) is 5.68. The fourth-order valence-electron chi connectivity index (χ4n) is 2.54. The molecule has 1 saturated heterocycles. The highest BCUT2D eigenvalue weighted by molar-refractivity contribution is 6.33. The first kappa shape index (κ1) is 16.3. The van der Waals surface area contributed by atoms with Gasteiger partial charge in [0.25, 0.3) is 11.8 Å². The number of carbonyl (C=O) groups is 2. The monoisotopic (exact) mass is 348 g/mol. The van der Waals surface area contributed by atoms with Crippen LogP contribution in [0.1, 0.15) is 20.8 Å². The quantitative estimate of drug-likeness (QED) is 0.831. The first-order valence-electron chi connectivity index (χ1n) is 7.36. The van der Waals surface area contributed by atoms with Gasteiger partial charge in [0.2, 0.25) is 0 Å². The van der Waals surface area contributed by atoms with Crippen LogP contribution in [0, 0.1) is 5.82 Å². The molecule has 1 aliphatic heterocycles. The molecule has 1 aromatic heterocycles. The molecule has 0 atom stereocenters. The highest BCUT2D eigenvalue weighted by Gasteiger charge is 2.28. The van der Waals surface area contributed by atoms with Gasteiger partial charge in [-0.3, -0.25) is 14.6 Å². The third-order valence-electron chi connectivity index (χ3n) is 3.81. The Morgan fingerprint density at radius 2 is 1.71 bits per heavy atom. The zero-order valence-corrected chi connectivity index (χ0v) is 13.4. The molecule has 124 valence electrons. The number of carbonyl (C=O) groups excluding carboxylic acids is 2. The normalized spacial score (nSPS) is 14.6. The summed E-state index contributed by atoms with van der Waals surface area (Å²) in [4.78, 5) is 35.7. The van der Waals surface area contributed by atoms with Crippen LogP contribution in [-0.2, 0) is 0 Å². The smallest absolute Gasteiger partial charge is 0.274 e. The summed E-state index contributed by atoms with van der Waals surface area (Å²) in [6, 6.07) is 4.13. The van der Waals surface area contributed by atoms with Crippen molar-refractivity contribution in [3.63, 3.8) is 0 Å². The zero-order valence-electron chi connectivity index (χ0n) is 12.7. The minimum Gasteiger partial charge on any atom is -0.335 e. The van der Waals surface area contributed by atoms with Gasteiger partial charge in [-0.25, -0.2) is 9.37 Å². The molecule has 2 amide bonds. The van der Waals surface area contributed by atoms with Gasteiger partial charge in [-0.1, -0.05) is 17.7 Å². The van der Waals surface area contributed by atoms with Gasteiger partial charge in [-0.2, -0.15) is 0 Å². The Hall–Kier alpha value is -2.54. The maximum absolute atomic E-state index is 13.9. The molecule has 2 aromatic rings. The lowest BCUT2D eigenvalue weighted by molar-refractivity contribution is 0.0529. The first-order chi connectivity index (χ1) is 11.6. The summed E-state index contributed by atoms with van der Waals surface area (Å²) in [6.45, 7) is 1.28. The highest BCUT2D eigenvalue weighted by atomic mass is 35.5. The van der Waals surface area contributed by atoms with Crippen LogP contribution in [0.5, 0.6) is 0 Å². The van der Waals surface area contributed by atoms with Gasteiger partial charge in [0, 0.05) is 38.6 Å². The van der Waals surface area contributed by atoms with Crippen molar-refractivity contribution in [1.82, 2.24) is 19.8 Å². The highest BCUT2D eigenvalue weighted by Crippen LogP contribution is 2.21. The van der Waals surface area contributed by atoms with E-state index < -0.39 is 11.7 Å². The van der Waals surface area contributed by atoms with E-state index in [2.05, 4.69) is 9.97 Å². The van der Waals surface area contributed by atoms with Gasteiger partial charge in [0.1, 0.15) is 11.5 Å². The summed E-state index contributed by atoms with van der Waals surface area (Å²) in [5.74, 6) is -1.35. The molecular weight excluding hydrogens is 335 g/mol. The van der Waals surface area contributed by atoms with Crippen molar-refractivity contribution in [3.05, 3.63) is 58.9 Å². The maximum Gasteiger partial charge on any atom is 0.274 e. The van der Waals surface area contributed by atoms with E-state index in [0.29, 0.717) is 26.2 Å². The van der Waals surface area contributed by atoms with Crippen molar-refractivity contribution in [1.29, 1.82) is 0 Å². The lowest BCUT2D eigenvalue weighted by Gasteiger charge is -2.34. The van der Waals surface area contributed by atoms with Gasteiger partial charge in [-0.05, 0) is 12.1 Å². The number of rotatable bonds is 2. The molecule has 2 heterocycles. The Kier molecular flexibility index (Phi) is 4.71. The van der Waals surface area contributed by atoms with Crippen LogP contribution in [0.4, 0.5) is 4.39 Å². The van der Waals surface area contributed by atoms with E-state index in [1.807, 2.05) is 0 Å². The Morgan fingerprint density at radius 1 is 1.04 bits per heavy atom. The van der Waals surface area contributed by atoms with Crippen LogP contribution in [-0.4, -0.2) is 57.8 Å². The van der Waals surface area contributed by atoms with Gasteiger partial charge in [0.05, 0.1) is 16.8 Å². The molecule has 0 radical (unpaired) electrons. The molecule has 8 heteroatoms. The number of aromatic nitrogens is 2. The standard InChI is InChI=1S/C16H14ClFN4O2/c17-11-2-1-3-12(18)14(11)16(24)22-8-6-21(7-9-22)15(23)13-10-19-4-5-20-13/h1-5,10H,6-9H2. The van der Waals surface area contributed by atoms with E-state index in [9.17, 15) is 14.0 Å². The number of hydrogen-bond acceptors (Lipinski definition) is 4. The average Bonchev–Trinajstić information content (AvgIpc) is 2.62. The SMILES string of the molecule is O=C(c1cnccn1)N1CCN(C(=O)c2c(F)cccc2Cl)CC1. The second kappa shape index (κ2) is 6.92. The molecule has 0 N–H and O–H groups in total. The lowest BCUT2D eigenvalue weighted by Crippen LogP contribution is -2.51. The van der Waals surface area contributed by atoms with Crippen LogP contribution in [0.25, 0.3) is 0 Å². The second-order valence-electron chi connectivity index (χ2n) is 5.27. The Labute approximate surface area is 142 Å². The lowest BCUT2D eigenvalue weighted by atomic mass is 10.1. The van der Waals surface area contributed by atoms with Gasteiger partial charge >= 0.3 is 0 Å². The predicted molar refractivity (Wildman–Crippen MR) is 85.2 cm³/mol.